The third-order valence-electron chi connectivity index (χ3n) is 3.46. The maximum absolute atomic E-state index is 6.08. The van der Waals surface area contributed by atoms with Crippen LogP contribution < -0.4 is 4.90 Å². The number of benzene rings is 1. The molecule has 0 amide bonds. The molecule has 1 aliphatic rings. The van der Waals surface area contributed by atoms with Gasteiger partial charge in [0.25, 0.3) is 0 Å². The average molecular weight is 420 g/mol. The molecule has 0 fully saturated rings. The zero-order valence-electron chi connectivity index (χ0n) is 10.8. The summed E-state index contributed by atoms with van der Waals surface area (Å²) in [5, 5.41) is 0.797. The highest BCUT2D eigenvalue weighted by Crippen LogP contribution is 2.31. The minimum atomic E-state index is 0.399. The highest BCUT2D eigenvalue weighted by Gasteiger charge is 2.16. The van der Waals surface area contributed by atoms with E-state index in [1.54, 1.807) is 0 Å². The first-order chi connectivity index (χ1) is 9.56. The molecule has 1 aliphatic heterocycles. The van der Waals surface area contributed by atoms with Crippen molar-refractivity contribution < 1.29 is 0 Å². The second-order valence-corrected chi connectivity index (χ2v) is 6.61. The van der Waals surface area contributed by atoms with Crippen molar-refractivity contribution in [3.8, 4) is 11.4 Å². The fourth-order valence-corrected chi connectivity index (χ4v) is 3.08. The predicted octanol–water partition coefficient (Wildman–Crippen LogP) is 4.44. The fourth-order valence-electron chi connectivity index (χ4n) is 2.45. The van der Waals surface area contributed by atoms with E-state index in [0.29, 0.717) is 19.7 Å². The van der Waals surface area contributed by atoms with E-state index < -0.39 is 0 Å². The van der Waals surface area contributed by atoms with Gasteiger partial charge in [0.1, 0.15) is 10.3 Å². The Hall–Kier alpha value is -0.590. The van der Waals surface area contributed by atoms with Crippen molar-refractivity contribution in [2.24, 2.45) is 0 Å². The van der Waals surface area contributed by atoms with E-state index in [-0.39, 0.29) is 0 Å². The number of fused-ring (bicyclic) bond motifs is 1. The highest BCUT2D eigenvalue weighted by atomic mass is 127. The molecule has 2 heterocycles. The van der Waals surface area contributed by atoms with E-state index in [9.17, 15) is 0 Å². The first-order valence-corrected chi connectivity index (χ1v) is 8.12. The minimum Gasteiger partial charge on any atom is -0.374 e. The maximum atomic E-state index is 6.08. The van der Waals surface area contributed by atoms with E-state index in [0.717, 1.165) is 18.5 Å². The lowest BCUT2D eigenvalue weighted by molar-refractivity contribution is 0.744. The molecule has 0 aliphatic carbocycles. The van der Waals surface area contributed by atoms with Gasteiger partial charge in [0.05, 0.1) is 3.57 Å². The van der Waals surface area contributed by atoms with Crippen LogP contribution >= 0.6 is 45.8 Å². The summed E-state index contributed by atoms with van der Waals surface area (Å²) in [5.74, 6) is 0.580. The number of rotatable bonds is 1. The fraction of sp³-hybridized carbons (Fsp3) is 0.286. The van der Waals surface area contributed by atoms with E-state index >= 15 is 0 Å². The van der Waals surface area contributed by atoms with Gasteiger partial charge in [-0.25, -0.2) is 9.97 Å². The summed E-state index contributed by atoms with van der Waals surface area (Å²) in [4.78, 5) is 10.9. The van der Waals surface area contributed by atoms with Gasteiger partial charge in [0, 0.05) is 24.8 Å². The van der Waals surface area contributed by atoms with Crippen molar-refractivity contribution in [2.75, 3.05) is 18.5 Å². The molecule has 104 valence electrons. The topological polar surface area (TPSA) is 29.0 Å². The van der Waals surface area contributed by atoms with Gasteiger partial charge in [-0.2, -0.15) is 0 Å². The Morgan fingerprint density at radius 3 is 2.60 bits per heavy atom. The van der Waals surface area contributed by atoms with E-state index in [4.69, 9.17) is 23.2 Å². The first-order valence-electron chi connectivity index (χ1n) is 6.29. The molecule has 0 N–H and O–H groups in total. The van der Waals surface area contributed by atoms with Crippen LogP contribution in [0, 0.1) is 3.57 Å². The highest BCUT2D eigenvalue weighted by molar-refractivity contribution is 14.1. The Balaban J connectivity index is 2.07. The number of hydrogen-bond donors (Lipinski definition) is 0. The van der Waals surface area contributed by atoms with Crippen LogP contribution in [0.15, 0.2) is 18.2 Å². The van der Waals surface area contributed by atoms with Gasteiger partial charge in [-0.15, -0.1) is 0 Å². The maximum Gasteiger partial charge on any atom is 0.162 e. The molecule has 2 aromatic rings. The molecule has 6 heteroatoms. The van der Waals surface area contributed by atoms with Crippen molar-refractivity contribution in [2.45, 2.75) is 12.8 Å². The molecule has 0 saturated carbocycles. The zero-order valence-corrected chi connectivity index (χ0v) is 14.5. The molecule has 0 unspecified atom stereocenters. The molecular formula is C14H12Cl2IN3. The largest absolute Gasteiger partial charge is 0.374 e. The van der Waals surface area contributed by atoms with E-state index in [1.165, 1.54) is 17.7 Å². The minimum absolute atomic E-state index is 0.399. The molecule has 1 aromatic heterocycles. The Labute approximate surface area is 141 Å². The Bertz CT molecular complexity index is 652. The number of aryl methyl sites for hydroxylation is 1. The molecule has 0 bridgehead atoms. The predicted molar refractivity (Wildman–Crippen MR) is 91.8 cm³/mol. The standard InChI is InChI=1S/C14H12Cl2IN3/c1-20-6-2-3-8-7-9(4-5-10(8)20)14-18-12(15)11(17)13(16)19-14/h4-5,7H,2-3,6H2,1H3. The molecular weight excluding hydrogens is 408 g/mol. The first kappa shape index (κ1) is 14.4. The van der Waals surface area contributed by atoms with Crippen LogP contribution in [0.4, 0.5) is 5.69 Å². The molecule has 3 nitrogen and oxygen atoms in total. The van der Waals surface area contributed by atoms with Crippen LogP contribution in [0.2, 0.25) is 10.3 Å². The lowest BCUT2D eigenvalue weighted by Gasteiger charge is -2.27. The Kier molecular flexibility index (Phi) is 4.06. The van der Waals surface area contributed by atoms with Gasteiger partial charge in [-0.05, 0) is 59.2 Å². The summed E-state index contributed by atoms with van der Waals surface area (Å²) >= 11 is 14.2. The van der Waals surface area contributed by atoms with Gasteiger partial charge in [-0.3, -0.25) is 0 Å². The molecule has 0 spiro atoms. The van der Waals surface area contributed by atoms with Gasteiger partial charge >= 0.3 is 0 Å². The van der Waals surface area contributed by atoms with Gasteiger partial charge in [-0.1, -0.05) is 23.2 Å². The number of nitrogens with zero attached hydrogens (tertiary/aromatic N) is 3. The molecule has 0 saturated heterocycles. The number of anilines is 1. The lowest BCUT2D eigenvalue weighted by Crippen LogP contribution is -2.24. The van der Waals surface area contributed by atoms with E-state index in [2.05, 4.69) is 34.0 Å². The smallest absolute Gasteiger partial charge is 0.162 e. The normalized spacial score (nSPS) is 14.3. The Morgan fingerprint density at radius 1 is 1.20 bits per heavy atom. The third kappa shape index (κ3) is 2.61. The van der Waals surface area contributed by atoms with Crippen LogP contribution in [-0.2, 0) is 6.42 Å². The van der Waals surface area contributed by atoms with Gasteiger partial charge < -0.3 is 4.90 Å². The van der Waals surface area contributed by atoms with Crippen LogP contribution in [-0.4, -0.2) is 23.6 Å². The monoisotopic (exact) mass is 419 g/mol. The van der Waals surface area contributed by atoms with Gasteiger partial charge in [0.15, 0.2) is 5.82 Å². The molecule has 20 heavy (non-hydrogen) atoms. The summed E-state index contributed by atoms with van der Waals surface area (Å²) in [6.07, 6.45) is 2.25. The summed E-state index contributed by atoms with van der Waals surface area (Å²) in [5.41, 5.74) is 3.56. The van der Waals surface area contributed by atoms with Crippen LogP contribution in [0.25, 0.3) is 11.4 Å². The summed E-state index contributed by atoms with van der Waals surface area (Å²) in [6.45, 7) is 1.10. The van der Waals surface area contributed by atoms with Crippen LogP contribution in [0.3, 0.4) is 0 Å². The molecule has 3 rings (SSSR count). The summed E-state index contributed by atoms with van der Waals surface area (Å²) in [7, 11) is 2.12. The average Bonchev–Trinajstić information content (AvgIpc) is 2.44. The number of aromatic nitrogens is 2. The number of hydrogen-bond acceptors (Lipinski definition) is 3. The third-order valence-corrected chi connectivity index (χ3v) is 5.67. The molecule has 0 radical (unpaired) electrons. The molecule has 1 aromatic carbocycles. The SMILES string of the molecule is CN1CCCc2cc(-c3nc(Cl)c(I)c(Cl)n3)ccc21. The van der Waals surface area contributed by atoms with Gasteiger partial charge in [0.2, 0.25) is 0 Å². The van der Waals surface area contributed by atoms with Crippen molar-refractivity contribution in [3.63, 3.8) is 0 Å². The van der Waals surface area contributed by atoms with Crippen molar-refractivity contribution >= 4 is 51.5 Å². The summed E-state index contributed by atoms with van der Waals surface area (Å²) < 4.78 is 0.687. The number of halogens is 3. The van der Waals surface area contributed by atoms with E-state index in [1.807, 2.05) is 28.7 Å². The molecule has 0 atom stereocenters. The lowest BCUT2D eigenvalue weighted by atomic mass is 9.99. The zero-order chi connectivity index (χ0) is 14.3. The van der Waals surface area contributed by atoms with Crippen LogP contribution in [0.1, 0.15) is 12.0 Å². The quantitative estimate of drug-likeness (QED) is 0.505. The van der Waals surface area contributed by atoms with Crippen LogP contribution in [0.5, 0.6) is 0 Å². The summed E-state index contributed by atoms with van der Waals surface area (Å²) in [6, 6.07) is 6.28. The second kappa shape index (κ2) is 5.66. The van der Waals surface area contributed by atoms with Crippen molar-refractivity contribution in [1.29, 1.82) is 0 Å². The van der Waals surface area contributed by atoms with Crippen molar-refractivity contribution in [1.82, 2.24) is 9.97 Å². The second-order valence-electron chi connectivity index (χ2n) is 4.81. The van der Waals surface area contributed by atoms with Crippen molar-refractivity contribution in [3.05, 3.63) is 37.6 Å². The Morgan fingerprint density at radius 2 is 1.90 bits per heavy atom.